The van der Waals surface area contributed by atoms with Crippen molar-refractivity contribution < 1.29 is 43.2 Å². The van der Waals surface area contributed by atoms with Gasteiger partial charge in [-0.15, -0.1) is 0 Å². The van der Waals surface area contributed by atoms with Crippen LogP contribution in [0.4, 0.5) is 0 Å². The Balaban J connectivity index is 1.11. The summed E-state index contributed by atoms with van der Waals surface area (Å²) in [4.78, 5) is 49.1. The molecule has 1 atom stereocenters. The number of hydrogen-bond acceptors (Lipinski definition) is 9. The standard InChI is InChI=1S/C35H33NO9/c1-22(21-37)34(40)44-18-4-17-42-25-6-8-26(9-7-25)45-35(41)24-5-11-28-29-12-10-27(20-31(29)23(2)30(28)19-24)43-16-3-15-36-32(38)13-14-33(36)39/h5-14,19-20,23,37H,1,3-4,15-18,21H2,2H3. The van der Waals surface area contributed by atoms with E-state index >= 15 is 0 Å². The van der Waals surface area contributed by atoms with Gasteiger partial charge in [0.2, 0.25) is 0 Å². The number of carbonyl (C=O) groups is 4. The van der Waals surface area contributed by atoms with Crippen molar-refractivity contribution in [3.63, 3.8) is 0 Å². The van der Waals surface area contributed by atoms with Gasteiger partial charge in [0.05, 0.1) is 37.6 Å². The lowest BCUT2D eigenvalue weighted by atomic mass is 9.98. The Morgan fingerprint density at radius 1 is 0.800 bits per heavy atom. The van der Waals surface area contributed by atoms with E-state index in [2.05, 4.69) is 13.5 Å². The fraction of sp³-hybridized carbons (Fsp3) is 0.257. The zero-order valence-corrected chi connectivity index (χ0v) is 24.8. The molecule has 1 unspecified atom stereocenters. The van der Waals surface area contributed by atoms with Gasteiger partial charge in [-0.1, -0.05) is 25.6 Å². The molecule has 10 heteroatoms. The number of carbonyl (C=O) groups excluding carboxylic acids is 4. The van der Waals surface area contributed by atoms with Crippen LogP contribution in [0.2, 0.25) is 0 Å². The second-order valence-electron chi connectivity index (χ2n) is 10.6. The Kier molecular flexibility index (Phi) is 9.74. The van der Waals surface area contributed by atoms with Crippen molar-refractivity contribution in [2.45, 2.75) is 25.7 Å². The zero-order valence-electron chi connectivity index (χ0n) is 24.8. The molecule has 0 fully saturated rings. The van der Waals surface area contributed by atoms with Gasteiger partial charge in [0, 0.05) is 31.0 Å². The van der Waals surface area contributed by atoms with Crippen LogP contribution in [0.3, 0.4) is 0 Å². The number of hydrogen-bond donors (Lipinski definition) is 1. The summed E-state index contributed by atoms with van der Waals surface area (Å²) in [6, 6.07) is 18.1. The van der Waals surface area contributed by atoms with Crippen molar-refractivity contribution in [2.75, 3.05) is 33.0 Å². The Bertz CT molecular complexity index is 1640. The van der Waals surface area contributed by atoms with Crippen LogP contribution in [0.1, 0.15) is 47.2 Å². The van der Waals surface area contributed by atoms with Crippen LogP contribution in [0, 0.1) is 0 Å². The molecular formula is C35H33NO9. The van der Waals surface area contributed by atoms with Gasteiger partial charge in [0.25, 0.3) is 11.8 Å². The predicted octanol–water partition coefficient (Wildman–Crippen LogP) is 4.59. The summed E-state index contributed by atoms with van der Waals surface area (Å²) in [5.41, 5.74) is 4.67. The third-order valence-corrected chi connectivity index (χ3v) is 7.53. The zero-order chi connectivity index (χ0) is 31.9. The maximum absolute atomic E-state index is 13.0. The fourth-order valence-electron chi connectivity index (χ4n) is 5.11. The molecule has 0 spiro atoms. The van der Waals surface area contributed by atoms with Gasteiger partial charge in [-0.2, -0.15) is 0 Å². The predicted molar refractivity (Wildman–Crippen MR) is 164 cm³/mol. The fourth-order valence-corrected chi connectivity index (χ4v) is 5.11. The van der Waals surface area contributed by atoms with E-state index in [1.807, 2.05) is 30.3 Å². The second kappa shape index (κ2) is 14.0. The van der Waals surface area contributed by atoms with Crippen LogP contribution >= 0.6 is 0 Å². The molecule has 1 aliphatic heterocycles. The van der Waals surface area contributed by atoms with Crippen molar-refractivity contribution in [3.8, 4) is 28.4 Å². The van der Waals surface area contributed by atoms with E-state index in [1.165, 1.54) is 17.1 Å². The SMILES string of the molecule is C=C(CO)C(=O)OCCCOc1ccc(OC(=O)c2ccc3c(c2)C(C)c2cc(OCCCN4C(=O)C=CC4=O)ccc2-3)cc1. The van der Waals surface area contributed by atoms with Crippen LogP contribution < -0.4 is 14.2 Å². The molecule has 1 heterocycles. The van der Waals surface area contributed by atoms with Gasteiger partial charge in [-0.05, 0) is 77.2 Å². The van der Waals surface area contributed by atoms with Gasteiger partial charge in [0.1, 0.15) is 17.2 Å². The molecule has 5 rings (SSSR count). The molecule has 3 aromatic carbocycles. The number of amides is 2. The van der Waals surface area contributed by atoms with Crippen LogP contribution in [0.25, 0.3) is 11.1 Å². The topological polar surface area (TPSA) is 129 Å². The Morgan fingerprint density at radius 3 is 2.11 bits per heavy atom. The lowest BCUT2D eigenvalue weighted by molar-refractivity contribution is -0.140. The first-order valence-corrected chi connectivity index (χ1v) is 14.6. The summed E-state index contributed by atoms with van der Waals surface area (Å²) in [6.45, 7) is 6.15. The van der Waals surface area contributed by atoms with Crippen LogP contribution in [0.15, 0.2) is 85.0 Å². The number of nitrogens with zero attached hydrogens (tertiary/aromatic N) is 1. The number of fused-ring (bicyclic) bond motifs is 3. The highest BCUT2D eigenvalue weighted by Crippen LogP contribution is 2.46. The van der Waals surface area contributed by atoms with E-state index in [0.29, 0.717) is 55.4 Å². The number of ether oxygens (including phenoxy) is 4. The minimum Gasteiger partial charge on any atom is -0.494 e. The van der Waals surface area contributed by atoms with E-state index < -0.39 is 18.5 Å². The maximum atomic E-state index is 13.0. The molecule has 10 nitrogen and oxygen atoms in total. The highest BCUT2D eigenvalue weighted by molar-refractivity contribution is 6.12. The van der Waals surface area contributed by atoms with E-state index in [4.69, 9.17) is 24.1 Å². The first-order chi connectivity index (χ1) is 21.7. The Hall–Kier alpha value is -5.22. The lowest BCUT2D eigenvalue weighted by Gasteiger charge is -2.14. The van der Waals surface area contributed by atoms with E-state index in [1.54, 1.807) is 30.3 Å². The molecular weight excluding hydrogens is 578 g/mol. The normalized spacial score (nSPS) is 14.6. The smallest absolute Gasteiger partial charge is 0.343 e. The van der Waals surface area contributed by atoms with Gasteiger partial charge >= 0.3 is 11.9 Å². The van der Waals surface area contributed by atoms with Crippen molar-refractivity contribution in [1.29, 1.82) is 0 Å². The number of imide groups is 1. The summed E-state index contributed by atoms with van der Waals surface area (Å²) < 4.78 is 22.1. The average molecular weight is 612 g/mol. The highest BCUT2D eigenvalue weighted by atomic mass is 16.5. The molecule has 0 saturated carbocycles. The average Bonchev–Trinajstić information content (AvgIpc) is 3.52. The molecule has 2 aliphatic rings. The van der Waals surface area contributed by atoms with E-state index in [0.717, 1.165) is 22.3 Å². The van der Waals surface area contributed by atoms with Crippen molar-refractivity contribution in [2.24, 2.45) is 0 Å². The molecule has 3 aromatic rings. The summed E-state index contributed by atoms with van der Waals surface area (Å²) in [7, 11) is 0. The molecule has 0 saturated heterocycles. The molecule has 0 bridgehead atoms. The second-order valence-corrected chi connectivity index (χ2v) is 10.6. The first-order valence-electron chi connectivity index (χ1n) is 14.6. The minimum atomic E-state index is -0.635. The summed E-state index contributed by atoms with van der Waals surface area (Å²) in [5, 5.41) is 8.87. The summed E-state index contributed by atoms with van der Waals surface area (Å²) in [5.74, 6) is -0.0300. The van der Waals surface area contributed by atoms with Gasteiger partial charge < -0.3 is 24.1 Å². The third kappa shape index (κ3) is 7.30. The molecule has 1 aliphatic carbocycles. The molecule has 232 valence electrons. The van der Waals surface area contributed by atoms with E-state index in [-0.39, 0.29) is 29.9 Å². The maximum Gasteiger partial charge on any atom is 0.343 e. The number of esters is 2. The van der Waals surface area contributed by atoms with Gasteiger partial charge in [-0.3, -0.25) is 14.5 Å². The number of benzene rings is 3. The minimum absolute atomic E-state index is 0.000572. The third-order valence-electron chi connectivity index (χ3n) is 7.53. The van der Waals surface area contributed by atoms with Gasteiger partial charge in [-0.25, -0.2) is 9.59 Å². The van der Waals surface area contributed by atoms with Crippen molar-refractivity contribution >= 4 is 23.8 Å². The number of aliphatic hydroxyl groups excluding tert-OH is 1. The van der Waals surface area contributed by atoms with Crippen molar-refractivity contribution in [3.05, 3.63) is 102 Å². The van der Waals surface area contributed by atoms with Crippen molar-refractivity contribution in [1.82, 2.24) is 4.90 Å². The molecule has 0 aromatic heterocycles. The monoisotopic (exact) mass is 611 g/mol. The largest absolute Gasteiger partial charge is 0.494 e. The lowest BCUT2D eigenvalue weighted by Crippen LogP contribution is -2.31. The molecule has 0 radical (unpaired) electrons. The molecule has 45 heavy (non-hydrogen) atoms. The summed E-state index contributed by atoms with van der Waals surface area (Å²) in [6.07, 6.45) is 3.53. The summed E-state index contributed by atoms with van der Waals surface area (Å²) >= 11 is 0. The molecule has 1 N–H and O–H groups in total. The van der Waals surface area contributed by atoms with E-state index in [9.17, 15) is 19.2 Å². The van der Waals surface area contributed by atoms with Crippen LogP contribution in [-0.4, -0.2) is 66.7 Å². The Morgan fingerprint density at radius 2 is 1.40 bits per heavy atom. The quantitative estimate of drug-likeness (QED) is 0.0915. The Labute approximate surface area is 260 Å². The molecule has 2 amide bonds. The first kappa shape index (κ1) is 31.2. The highest BCUT2D eigenvalue weighted by Gasteiger charge is 2.27. The number of aliphatic hydroxyl groups is 1. The van der Waals surface area contributed by atoms with Crippen LogP contribution in [-0.2, 0) is 19.1 Å². The number of rotatable bonds is 14. The van der Waals surface area contributed by atoms with Crippen LogP contribution in [0.5, 0.6) is 17.2 Å². The van der Waals surface area contributed by atoms with Gasteiger partial charge in [0.15, 0.2) is 0 Å².